The Morgan fingerprint density at radius 3 is 3.11 bits per heavy atom. The molecular weight excluding hydrogens is 264 g/mol. The standard InChI is InChI=1S/C13H17ClN4O/c1-15-8-13-9-18(17-16-13)5-6-19-10-11-3-2-4-12(14)7-11/h2-4,7,9,15H,5-6,8,10H2,1H3. The number of benzene rings is 1. The molecule has 1 aromatic heterocycles. The Kier molecular flexibility index (Phi) is 5.32. The smallest absolute Gasteiger partial charge is 0.0964 e. The number of hydrogen-bond donors (Lipinski definition) is 1. The lowest BCUT2D eigenvalue weighted by Gasteiger charge is -2.04. The number of ether oxygens (including phenoxy) is 1. The third-order valence-corrected chi connectivity index (χ3v) is 2.80. The van der Waals surface area contributed by atoms with E-state index < -0.39 is 0 Å². The molecule has 2 rings (SSSR count). The van der Waals surface area contributed by atoms with Gasteiger partial charge in [0.15, 0.2) is 0 Å². The summed E-state index contributed by atoms with van der Waals surface area (Å²) in [7, 11) is 1.88. The summed E-state index contributed by atoms with van der Waals surface area (Å²) in [5, 5.41) is 11.8. The highest BCUT2D eigenvalue weighted by Gasteiger charge is 1.99. The van der Waals surface area contributed by atoms with Gasteiger partial charge in [0.1, 0.15) is 0 Å². The summed E-state index contributed by atoms with van der Waals surface area (Å²) in [4.78, 5) is 0. The van der Waals surface area contributed by atoms with Crippen LogP contribution in [0.4, 0.5) is 0 Å². The molecule has 0 aliphatic heterocycles. The number of rotatable bonds is 7. The minimum absolute atomic E-state index is 0.554. The lowest BCUT2D eigenvalue weighted by molar-refractivity contribution is 0.110. The van der Waals surface area contributed by atoms with Gasteiger partial charge in [0, 0.05) is 17.8 Å². The zero-order valence-corrected chi connectivity index (χ0v) is 11.6. The van der Waals surface area contributed by atoms with E-state index >= 15 is 0 Å². The summed E-state index contributed by atoms with van der Waals surface area (Å²) in [5.74, 6) is 0. The number of halogens is 1. The minimum Gasteiger partial charge on any atom is -0.375 e. The van der Waals surface area contributed by atoms with Gasteiger partial charge >= 0.3 is 0 Å². The van der Waals surface area contributed by atoms with Crippen LogP contribution >= 0.6 is 11.6 Å². The summed E-state index contributed by atoms with van der Waals surface area (Å²) in [6.07, 6.45) is 1.92. The van der Waals surface area contributed by atoms with Gasteiger partial charge in [-0.15, -0.1) is 5.10 Å². The predicted molar refractivity (Wildman–Crippen MR) is 73.9 cm³/mol. The Morgan fingerprint density at radius 2 is 2.32 bits per heavy atom. The molecule has 19 heavy (non-hydrogen) atoms. The van der Waals surface area contributed by atoms with Crippen molar-refractivity contribution in [2.24, 2.45) is 0 Å². The molecule has 0 unspecified atom stereocenters. The van der Waals surface area contributed by atoms with Gasteiger partial charge in [-0.25, -0.2) is 4.68 Å². The predicted octanol–water partition coefficient (Wildman–Crippen LogP) is 1.87. The van der Waals surface area contributed by atoms with Gasteiger partial charge in [0.05, 0.1) is 25.5 Å². The normalized spacial score (nSPS) is 10.8. The van der Waals surface area contributed by atoms with E-state index in [1.165, 1.54) is 0 Å². The van der Waals surface area contributed by atoms with E-state index in [0.29, 0.717) is 19.8 Å². The lowest BCUT2D eigenvalue weighted by atomic mass is 10.2. The molecule has 6 heteroatoms. The fraction of sp³-hybridized carbons (Fsp3) is 0.385. The molecule has 5 nitrogen and oxygen atoms in total. The van der Waals surface area contributed by atoms with Crippen LogP contribution in [-0.2, 0) is 24.4 Å². The highest BCUT2D eigenvalue weighted by Crippen LogP contribution is 2.11. The lowest BCUT2D eigenvalue weighted by Crippen LogP contribution is -2.07. The highest BCUT2D eigenvalue weighted by molar-refractivity contribution is 6.30. The van der Waals surface area contributed by atoms with Crippen molar-refractivity contribution in [3.63, 3.8) is 0 Å². The molecule has 0 saturated heterocycles. The van der Waals surface area contributed by atoms with Crippen LogP contribution in [0.25, 0.3) is 0 Å². The van der Waals surface area contributed by atoms with Crippen molar-refractivity contribution < 1.29 is 4.74 Å². The summed E-state index contributed by atoms with van der Waals surface area (Å²) in [6.45, 7) is 2.56. The van der Waals surface area contributed by atoms with Crippen LogP contribution in [0.3, 0.4) is 0 Å². The molecule has 0 fully saturated rings. The fourth-order valence-electron chi connectivity index (χ4n) is 1.68. The minimum atomic E-state index is 0.554. The third kappa shape index (κ3) is 4.63. The van der Waals surface area contributed by atoms with E-state index in [4.69, 9.17) is 16.3 Å². The van der Waals surface area contributed by atoms with Crippen LogP contribution in [0, 0.1) is 0 Å². The average Bonchev–Trinajstić information content (AvgIpc) is 2.83. The monoisotopic (exact) mass is 280 g/mol. The van der Waals surface area contributed by atoms with E-state index in [-0.39, 0.29) is 0 Å². The van der Waals surface area contributed by atoms with E-state index in [9.17, 15) is 0 Å². The number of aromatic nitrogens is 3. The maximum atomic E-state index is 5.90. The maximum absolute atomic E-state index is 5.90. The Hall–Kier alpha value is -1.43. The van der Waals surface area contributed by atoms with E-state index in [1.807, 2.05) is 37.5 Å². The Morgan fingerprint density at radius 1 is 1.42 bits per heavy atom. The number of nitrogens with zero attached hydrogens (tertiary/aromatic N) is 3. The maximum Gasteiger partial charge on any atom is 0.0964 e. The second-order valence-corrected chi connectivity index (χ2v) is 4.62. The van der Waals surface area contributed by atoms with Crippen molar-refractivity contribution in [1.29, 1.82) is 0 Å². The van der Waals surface area contributed by atoms with Crippen LogP contribution in [0.15, 0.2) is 30.5 Å². The summed E-state index contributed by atoms with van der Waals surface area (Å²) in [6, 6.07) is 7.67. The quantitative estimate of drug-likeness (QED) is 0.787. The average molecular weight is 281 g/mol. The van der Waals surface area contributed by atoms with E-state index in [1.54, 1.807) is 4.68 Å². The van der Waals surface area contributed by atoms with Crippen molar-refractivity contribution >= 4 is 11.6 Å². The SMILES string of the molecule is CNCc1cn(CCOCc2cccc(Cl)c2)nn1. The molecule has 0 saturated carbocycles. The van der Waals surface area contributed by atoms with Gasteiger partial charge in [0.25, 0.3) is 0 Å². The van der Waals surface area contributed by atoms with Gasteiger partial charge in [0.2, 0.25) is 0 Å². The van der Waals surface area contributed by atoms with Gasteiger partial charge < -0.3 is 10.1 Å². The topological polar surface area (TPSA) is 52.0 Å². The Bertz CT molecular complexity index is 515. The van der Waals surface area contributed by atoms with Gasteiger partial charge in [-0.2, -0.15) is 0 Å². The first-order valence-corrected chi connectivity index (χ1v) is 6.51. The van der Waals surface area contributed by atoms with Crippen LogP contribution in [0.1, 0.15) is 11.3 Å². The first kappa shape index (κ1) is 14.0. The second kappa shape index (κ2) is 7.23. The zero-order valence-electron chi connectivity index (χ0n) is 10.8. The molecule has 2 aromatic rings. The molecule has 102 valence electrons. The molecule has 1 heterocycles. The molecule has 0 amide bonds. The van der Waals surface area contributed by atoms with Crippen molar-refractivity contribution in [2.75, 3.05) is 13.7 Å². The molecule has 0 aliphatic rings. The first-order chi connectivity index (χ1) is 9.28. The molecule has 0 spiro atoms. The van der Waals surface area contributed by atoms with Crippen LogP contribution in [0.2, 0.25) is 5.02 Å². The highest BCUT2D eigenvalue weighted by atomic mass is 35.5. The fourth-order valence-corrected chi connectivity index (χ4v) is 1.90. The summed E-state index contributed by atoms with van der Waals surface area (Å²) in [5.41, 5.74) is 2.00. The van der Waals surface area contributed by atoms with Gasteiger partial charge in [-0.05, 0) is 24.7 Å². The van der Waals surface area contributed by atoms with Crippen molar-refractivity contribution in [3.05, 3.63) is 46.7 Å². The van der Waals surface area contributed by atoms with Gasteiger partial charge in [-0.3, -0.25) is 0 Å². The number of nitrogens with one attached hydrogen (secondary N) is 1. The summed E-state index contributed by atoms with van der Waals surface area (Å²) < 4.78 is 7.37. The largest absolute Gasteiger partial charge is 0.375 e. The van der Waals surface area contributed by atoms with Crippen LogP contribution in [-0.4, -0.2) is 28.6 Å². The van der Waals surface area contributed by atoms with Crippen LogP contribution in [0.5, 0.6) is 0 Å². The molecule has 0 radical (unpaired) electrons. The Balaban J connectivity index is 1.71. The van der Waals surface area contributed by atoms with Crippen LogP contribution < -0.4 is 5.32 Å². The molecule has 1 aromatic carbocycles. The summed E-state index contributed by atoms with van der Waals surface area (Å²) >= 11 is 5.90. The zero-order chi connectivity index (χ0) is 13.5. The first-order valence-electron chi connectivity index (χ1n) is 6.14. The van der Waals surface area contributed by atoms with E-state index in [2.05, 4.69) is 15.6 Å². The molecular formula is C13H17ClN4O. The Labute approximate surface area is 117 Å². The van der Waals surface area contributed by atoms with Crippen molar-refractivity contribution in [3.8, 4) is 0 Å². The van der Waals surface area contributed by atoms with E-state index in [0.717, 1.165) is 22.8 Å². The number of hydrogen-bond acceptors (Lipinski definition) is 4. The molecule has 1 N–H and O–H groups in total. The third-order valence-electron chi connectivity index (χ3n) is 2.57. The molecule has 0 aliphatic carbocycles. The van der Waals surface area contributed by atoms with Crippen molar-refractivity contribution in [2.45, 2.75) is 19.7 Å². The van der Waals surface area contributed by atoms with Crippen molar-refractivity contribution in [1.82, 2.24) is 20.3 Å². The second-order valence-electron chi connectivity index (χ2n) is 4.19. The molecule has 0 atom stereocenters. The molecule has 0 bridgehead atoms. The van der Waals surface area contributed by atoms with Gasteiger partial charge in [-0.1, -0.05) is 28.9 Å².